The van der Waals surface area contributed by atoms with Gasteiger partial charge < -0.3 is 9.84 Å². The number of benzene rings is 2. The van der Waals surface area contributed by atoms with Crippen molar-refractivity contribution in [2.75, 3.05) is 0 Å². The highest BCUT2D eigenvalue weighted by atomic mass is 19.1. The van der Waals surface area contributed by atoms with Gasteiger partial charge in [0.05, 0.1) is 11.1 Å². The monoisotopic (exact) mass is 355 g/mol. The lowest BCUT2D eigenvalue weighted by molar-refractivity contribution is 0.0777. The van der Waals surface area contributed by atoms with E-state index in [4.69, 9.17) is 4.74 Å². The van der Waals surface area contributed by atoms with Gasteiger partial charge >= 0.3 is 0 Å². The van der Waals surface area contributed by atoms with Crippen LogP contribution in [0.5, 0.6) is 5.75 Å². The summed E-state index contributed by atoms with van der Waals surface area (Å²) in [5, 5.41) is 11.2. The molecule has 26 heavy (non-hydrogen) atoms. The van der Waals surface area contributed by atoms with Crippen molar-refractivity contribution in [3.8, 4) is 5.75 Å². The van der Waals surface area contributed by atoms with E-state index in [2.05, 4.69) is 4.98 Å². The normalized spacial score (nSPS) is 11.0. The molecule has 1 aromatic heterocycles. The molecule has 0 unspecified atom stereocenters. The maximum Gasteiger partial charge on any atom is 0.123 e. The van der Waals surface area contributed by atoms with Gasteiger partial charge in [-0.2, -0.15) is 0 Å². The number of fused-ring (bicyclic) bond motifs is 1. The number of aryl methyl sites for hydroxylation is 1. The van der Waals surface area contributed by atoms with Crippen LogP contribution in [0.25, 0.3) is 10.9 Å². The molecule has 3 aromatic rings. The summed E-state index contributed by atoms with van der Waals surface area (Å²) < 4.78 is 18.7. The number of rotatable bonds is 4. The fourth-order valence-corrected chi connectivity index (χ4v) is 2.70. The lowest BCUT2D eigenvalue weighted by Gasteiger charge is -2.20. The average Bonchev–Trinajstić information content (AvgIpc) is 2.61. The first kappa shape index (κ1) is 19.9. The van der Waals surface area contributed by atoms with Crippen LogP contribution in [-0.4, -0.2) is 10.1 Å². The molecule has 0 spiro atoms. The number of pyridine rings is 1. The lowest BCUT2D eigenvalue weighted by atomic mass is 9.95. The Balaban J connectivity index is 0.00000117. The van der Waals surface area contributed by atoms with E-state index >= 15 is 0 Å². The van der Waals surface area contributed by atoms with Gasteiger partial charge in [0.25, 0.3) is 0 Å². The van der Waals surface area contributed by atoms with Gasteiger partial charge in [-0.15, -0.1) is 0 Å². The molecule has 0 aliphatic rings. The van der Waals surface area contributed by atoms with Crippen molar-refractivity contribution >= 4 is 10.9 Å². The molecule has 138 valence electrons. The molecular weight excluding hydrogens is 329 g/mol. The van der Waals surface area contributed by atoms with E-state index in [0.717, 1.165) is 27.7 Å². The summed E-state index contributed by atoms with van der Waals surface area (Å²) in [7, 11) is 0. The van der Waals surface area contributed by atoms with Crippen molar-refractivity contribution in [2.24, 2.45) is 0 Å². The third kappa shape index (κ3) is 4.79. The Hall–Kier alpha value is -2.46. The summed E-state index contributed by atoms with van der Waals surface area (Å²) in [5.74, 6) is 0.446. The van der Waals surface area contributed by atoms with Crippen LogP contribution in [0.2, 0.25) is 0 Å². The van der Waals surface area contributed by atoms with Gasteiger partial charge in [0.15, 0.2) is 0 Å². The molecule has 1 heterocycles. The van der Waals surface area contributed by atoms with Crippen LogP contribution in [0, 0.1) is 12.7 Å². The minimum atomic E-state index is -0.928. The van der Waals surface area contributed by atoms with Crippen LogP contribution in [0.15, 0.2) is 48.5 Å². The van der Waals surface area contributed by atoms with Gasteiger partial charge in [-0.05, 0) is 56.7 Å². The first-order valence-corrected chi connectivity index (χ1v) is 8.84. The Morgan fingerprint density at radius 3 is 2.31 bits per heavy atom. The van der Waals surface area contributed by atoms with Crippen LogP contribution in [0.3, 0.4) is 0 Å². The Morgan fingerprint density at radius 2 is 1.69 bits per heavy atom. The minimum Gasteiger partial charge on any atom is -0.489 e. The van der Waals surface area contributed by atoms with Gasteiger partial charge in [-0.1, -0.05) is 26.0 Å². The smallest absolute Gasteiger partial charge is 0.123 e. The van der Waals surface area contributed by atoms with Crippen molar-refractivity contribution in [1.29, 1.82) is 0 Å². The summed E-state index contributed by atoms with van der Waals surface area (Å²) in [4.78, 5) is 4.58. The molecule has 4 heteroatoms. The van der Waals surface area contributed by atoms with Crippen LogP contribution >= 0.6 is 0 Å². The zero-order valence-electron chi connectivity index (χ0n) is 16.0. The second kappa shape index (κ2) is 8.28. The van der Waals surface area contributed by atoms with E-state index in [0.29, 0.717) is 12.4 Å². The summed E-state index contributed by atoms with van der Waals surface area (Å²) in [6.45, 7) is 9.76. The predicted octanol–water partition coefficient (Wildman–Crippen LogP) is 5.51. The molecule has 3 rings (SSSR count). The summed E-state index contributed by atoms with van der Waals surface area (Å²) in [6, 6.07) is 13.9. The minimum absolute atomic E-state index is 0.258. The average molecular weight is 355 g/mol. The molecule has 0 atom stereocenters. The van der Waals surface area contributed by atoms with Crippen molar-refractivity contribution in [3.05, 3.63) is 71.2 Å². The third-order valence-electron chi connectivity index (χ3n) is 3.96. The topological polar surface area (TPSA) is 42.4 Å². The zero-order chi connectivity index (χ0) is 19.3. The number of ether oxygens (including phenoxy) is 1. The van der Waals surface area contributed by atoms with Crippen LogP contribution in [-0.2, 0) is 12.2 Å². The van der Waals surface area contributed by atoms with E-state index in [1.807, 2.05) is 45.0 Å². The summed E-state index contributed by atoms with van der Waals surface area (Å²) in [5.41, 5.74) is 2.40. The SMILES string of the molecule is CC.Cc1nc2cc(OCc3ccc(F)cc3)ccc2cc1C(C)(C)O. The fourth-order valence-electron chi connectivity index (χ4n) is 2.70. The van der Waals surface area contributed by atoms with Crippen LogP contribution in [0.1, 0.15) is 44.5 Å². The van der Waals surface area contributed by atoms with E-state index in [1.165, 1.54) is 12.1 Å². The molecule has 0 fully saturated rings. The Kier molecular flexibility index (Phi) is 6.32. The molecule has 1 N–H and O–H groups in total. The second-order valence-electron chi connectivity index (χ2n) is 6.45. The molecule has 0 saturated carbocycles. The molecule has 0 bridgehead atoms. The molecular formula is C22H26FNO2. The molecule has 2 aromatic carbocycles. The summed E-state index contributed by atoms with van der Waals surface area (Å²) in [6.07, 6.45) is 0. The number of hydrogen-bond donors (Lipinski definition) is 1. The number of nitrogens with zero attached hydrogens (tertiary/aromatic N) is 1. The Morgan fingerprint density at radius 1 is 1.04 bits per heavy atom. The quantitative estimate of drug-likeness (QED) is 0.670. The first-order chi connectivity index (χ1) is 12.3. The highest BCUT2D eigenvalue weighted by Gasteiger charge is 2.20. The Labute approximate surface area is 154 Å². The van der Waals surface area contributed by atoms with E-state index < -0.39 is 5.60 Å². The molecule has 0 aliphatic heterocycles. The van der Waals surface area contributed by atoms with Gasteiger partial charge in [-0.25, -0.2) is 4.39 Å². The van der Waals surface area contributed by atoms with E-state index in [1.54, 1.807) is 26.0 Å². The number of halogens is 1. The standard InChI is InChI=1S/C20H20FNO2.C2H6/c1-13-18(20(2,3)23)10-15-6-9-17(11-19(15)22-13)24-12-14-4-7-16(21)8-5-14;1-2/h4-11,23H,12H2,1-3H3;1-2H3. The fraction of sp³-hybridized carbons (Fsp3) is 0.318. The van der Waals surface area contributed by atoms with Gasteiger partial charge in [0.1, 0.15) is 18.2 Å². The maximum atomic E-state index is 12.9. The van der Waals surface area contributed by atoms with Gasteiger partial charge in [0, 0.05) is 22.7 Å². The number of aliphatic hydroxyl groups is 1. The predicted molar refractivity (Wildman–Crippen MR) is 104 cm³/mol. The van der Waals surface area contributed by atoms with Crippen molar-refractivity contribution in [1.82, 2.24) is 4.98 Å². The Bertz CT molecular complexity index is 868. The highest BCUT2D eigenvalue weighted by Crippen LogP contribution is 2.28. The third-order valence-corrected chi connectivity index (χ3v) is 3.96. The zero-order valence-corrected chi connectivity index (χ0v) is 16.0. The van der Waals surface area contributed by atoms with Crippen molar-refractivity contribution in [3.63, 3.8) is 0 Å². The lowest BCUT2D eigenvalue weighted by Crippen LogP contribution is -2.17. The van der Waals surface area contributed by atoms with E-state index in [9.17, 15) is 9.50 Å². The number of hydrogen-bond acceptors (Lipinski definition) is 3. The highest BCUT2D eigenvalue weighted by molar-refractivity contribution is 5.81. The van der Waals surface area contributed by atoms with Crippen molar-refractivity contribution < 1.29 is 14.2 Å². The molecule has 0 amide bonds. The molecule has 0 aliphatic carbocycles. The van der Waals surface area contributed by atoms with E-state index in [-0.39, 0.29) is 5.82 Å². The largest absolute Gasteiger partial charge is 0.489 e. The first-order valence-electron chi connectivity index (χ1n) is 8.84. The second-order valence-corrected chi connectivity index (χ2v) is 6.45. The van der Waals surface area contributed by atoms with Gasteiger partial charge in [-0.3, -0.25) is 4.98 Å². The van der Waals surface area contributed by atoms with Gasteiger partial charge in [0.2, 0.25) is 0 Å². The summed E-state index contributed by atoms with van der Waals surface area (Å²) >= 11 is 0. The molecule has 3 nitrogen and oxygen atoms in total. The van der Waals surface area contributed by atoms with Crippen LogP contribution in [0.4, 0.5) is 4.39 Å². The molecule has 0 saturated heterocycles. The molecule has 0 radical (unpaired) electrons. The maximum absolute atomic E-state index is 12.9. The van der Waals surface area contributed by atoms with Crippen molar-refractivity contribution in [2.45, 2.75) is 46.8 Å². The van der Waals surface area contributed by atoms with Crippen LogP contribution < -0.4 is 4.74 Å². The number of aromatic nitrogens is 1.